The summed E-state index contributed by atoms with van der Waals surface area (Å²) in [5.74, 6) is -2.26. The Bertz CT molecular complexity index is 1040. The first-order chi connectivity index (χ1) is 14.8. The Kier molecular flexibility index (Phi) is 7.37. The fourth-order valence-corrected chi connectivity index (χ4v) is 4.73. The molecule has 3 rings (SSSR count). The molecule has 0 aromatic heterocycles. The minimum Gasteiger partial charge on any atom is -0.360 e. The number of nitrogens with zero attached hydrogens (tertiary/aromatic N) is 1. The summed E-state index contributed by atoms with van der Waals surface area (Å²) >= 11 is 0. The van der Waals surface area contributed by atoms with E-state index >= 15 is 0 Å². The first kappa shape index (κ1) is 22.9. The molecule has 31 heavy (non-hydrogen) atoms. The number of aryl methyl sites for hydroxylation is 1. The van der Waals surface area contributed by atoms with Crippen molar-refractivity contribution in [3.05, 3.63) is 65.5 Å². The topological polar surface area (TPSA) is 105 Å². The molecule has 1 aliphatic rings. The molecule has 0 spiro atoms. The molecule has 2 aromatic rings. The van der Waals surface area contributed by atoms with Gasteiger partial charge in [0.2, 0.25) is 10.0 Å². The lowest BCUT2D eigenvalue weighted by Gasteiger charge is -2.34. The molecule has 2 amide bonds. The predicted molar refractivity (Wildman–Crippen MR) is 111 cm³/mol. The van der Waals surface area contributed by atoms with Crippen molar-refractivity contribution in [3.63, 3.8) is 0 Å². The number of halogens is 1. The molecule has 166 valence electrons. The Morgan fingerprint density at radius 3 is 2.48 bits per heavy atom. The normalized spacial score (nSPS) is 17.2. The van der Waals surface area contributed by atoms with Gasteiger partial charge in [-0.2, -0.15) is 4.31 Å². The molecule has 1 heterocycles. The maximum atomic E-state index is 13.2. The third kappa shape index (κ3) is 5.66. The van der Waals surface area contributed by atoms with E-state index in [0.29, 0.717) is 13.0 Å². The van der Waals surface area contributed by atoms with Gasteiger partial charge in [0.25, 0.3) is 0 Å². The van der Waals surface area contributed by atoms with E-state index in [1.165, 1.54) is 12.1 Å². The number of ether oxygens (including phenoxy) is 1. The summed E-state index contributed by atoms with van der Waals surface area (Å²) in [7, 11) is -3.96. The van der Waals surface area contributed by atoms with Crippen LogP contribution in [0.5, 0.6) is 0 Å². The van der Waals surface area contributed by atoms with Gasteiger partial charge in [0.1, 0.15) is 12.0 Å². The van der Waals surface area contributed by atoms with Gasteiger partial charge < -0.3 is 15.4 Å². The van der Waals surface area contributed by atoms with Crippen molar-refractivity contribution in [2.45, 2.75) is 31.0 Å². The van der Waals surface area contributed by atoms with E-state index in [0.717, 1.165) is 27.6 Å². The molecule has 10 heteroatoms. The van der Waals surface area contributed by atoms with Gasteiger partial charge in [-0.05, 0) is 48.7 Å². The van der Waals surface area contributed by atoms with Crippen LogP contribution >= 0.6 is 0 Å². The monoisotopic (exact) mass is 449 g/mol. The lowest BCUT2D eigenvalue weighted by molar-refractivity contribution is -0.140. The van der Waals surface area contributed by atoms with Crippen molar-refractivity contribution < 1.29 is 27.1 Å². The average Bonchev–Trinajstić information content (AvgIpc) is 2.77. The van der Waals surface area contributed by atoms with E-state index in [1.807, 2.05) is 31.2 Å². The molecule has 1 fully saturated rings. The molecular weight excluding hydrogens is 425 g/mol. The van der Waals surface area contributed by atoms with Crippen LogP contribution in [-0.4, -0.2) is 50.5 Å². The van der Waals surface area contributed by atoms with Crippen molar-refractivity contribution in [1.29, 1.82) is 0 Å². The number of hydrogen-bond acceptors (Lipinski definition) is 5. The number of rotatable bonds is 6. The Morgan fingerprint density at radius 1 is 1.10 bits per heavy atom. The van der Waals surface area contributed by atoms with Gasteiger partial charge in [-0.3, -0.25) is 9.59 Å². The molecule has 1 atom stereocenters. The number of nitrogens with one attached hydrogen (secondary N) is 2. The lowest BCUT2D eigenvalue weighted by atomic mass is 10.1. The highest BCUT2D eigenvalue weighted by molar-refractivity contribution is 7.89. The Morgan fingerprint density at radius 2 is 1.77 bits per heavy atom. The molecule has 0 aliphatic carbocycles. The van der Waals surface area contributed by atoms with Gasteiger partial charge in [-0.25, -0.2) is 12.8 Å². The SMILES string of the molecule is Cc1ccccc1CNC(=O)C(=O)NC[C@H]1OCCCN1S(=O)(=O)c1ccc(F)cc1. The number of hydrogen-bond donors (Lipinski definition) is 2. The van der Waals surface area contributed by atoms with E-state index in [2.05, 4.69) is 10.6 Å². The summed E-state index contributed by atoms with van der Waals surface area (Å²) in [6.07, 6.45) is -0.501. The lowest BCUT2D eigenvalue weighted by Crippen LogP contribution is -2.53. The fourth-order valence-electron chi connectivity index (χ4n) is 3.17. The predicted octanol–water partition coefficient (Wildman–Crippen LogP) is 1.30. The third-order valence-electron chi connectivity index (χ3n) is 4.92. The van der Waals surface area contributed by atoms with Gasteiger partial charge in [-0.15, -0.1) is 0 Å². The number of carbonyl (C=O) groups is 2. The largest absolute Gasteiger partial charge is 0.360 e. The average molecular weight is 450 g/mol. The molecule has 0 bridgehead atoms. The van der Waals surface area contributed by atoms with E-state index in [-0.39, 0.29) is 24.5 Å². The highest BCUT2D eigenvalue weighted by Crippen LogP contribution is 2.22. The zero-order valence-electron chi connectivity index (χ0n) is 17.0. The molecule has 2 N–H and O–H groups in total. The van der Waals surface area contributed by atoms with Gasteiger partial charge in [0.05, 0.1) is 18.0 Å². The van der Waals surface area contributed by atoms with Gasteiger partial charge in [-0.1, -0.05) is 24.3 Å². The second-order valence-corrected chi connectivity index (χ2v) is 8.96. The second-order valence-electron chi connectivity index (χ2n) is 7.07. The fraction of sp³-hybridized carbons (Fsp3) is 0.333. The summed E-state index contributed by atoms with van der Waals surface area (Å²) in [5.41, 5.74) is 1.87. The van der Waals surface area contributed by atoms with Gasteiger partial charge in [0.15, 0.2) is 0 Å². The van der Waals surface area contributed by atoms with Crippen molar-refractivity contribution in [2.75, 3.05) is 19.7 Å². The Hall–Kier alpha value is -2.82. The summed E-state index contributed by atoms with van der Waals surface area (Å²) in [6, 6.07) is 11.9. The maximum Gasteiger partial charge on any atom is 0.309 e. The van der Waals surface area contributed by atoms with Gasteiger partial charge >= 0.3 is 11.8 Å². The van der Waals surface area contributed by atoms with Crippen LogP contribution in [0.25, 0.3) is 0 Å². The van der Waals surface area contributed by atoms with Crippen molar-refractivity contribution in [1.82, 2.24) is 14.9 Å². The molecule has 0 unspecified atom stereocenters. The molecule has 8 nitrogen and oxygen atoms in total. The van der Waals surface area contributed by atoms with Crippen LogP contribution in [0.2, 0.25) is 0 Å². The molecule has 2 aromatic carbocycles. The maximum absolute atomic E-state index is 13.2. The van der Waals surface area contributed by atoms with E-state index in [1.54, 1.807) is 0 Å². The second kappa shape index (κ2) is 9.99. The number of carbonyl (C=O) groups excluding carboxylic acids is 2. The quantitative estimate of drug-likeness (QED) is 0.647. The summed E-state index contributed by atoms with van der Waals surface area (Å²) in [5, 5.41) is 4.96. The molecule has 1 aliphatic heterocycles. The Labute approximate surface area is 180 Å². The molecule has 0 radical (unpaired) electrons. The van der Waals surface area contributed by atoms with Crippen LogP contribution in [0.3, 0.4) is 0 Å². The van der Waals surface area contributed by atoms with Crippen molar-refractivity contribution in [3.8, 4) is 0 Å². The van der Waals surface area contributed by atoms with Crippen LogP contribution < -0.4 is 10.6 Å². The van der Waals surface area contributed by atoms with Crippen molar-refractivity contribution in [2.24, 2.45) is 0 Å². The summed E-state index contributed by atoms with van der Waals surface area (Å²) < 4.78 is 45.6. The summed E-state index contributed by atoms with van der Waals surface area (Å²) in [4.78, 5) is 24.2. The van der Waals surface area contributed by atoms with Crippen LogP contribution in [-0.2, 0) is 30.9 Å². The third-order valence-corrected chi connectivity index (χ3v) is 6.82. The van der Waals surface area contributed by atoms with Crippen molar-refractivity contribution >= 4 is 21.8 Å². The van der Waals surface area contributed by atoms with Gasteiger partial charge in [0, 0.05) is 13.1 Å². The molecule has 0 saturated carbocycles. The van der Waals surface area contributed by atoms with E-state index in [9.17, 15) is 22.4 Å². The highest BCUT2D eigenvalue weighted by Gasteiger charge is 2.35. The highest BCUT2D eigenvalue weighted by atomic mass is 32.2. The Balaban J connectivity index is 1.59. The van der Waals surface area contributed by atoms with Crippen LogP contribution in [0.1, 0.15) is 17.5 Å². The van der Waals surface area contributed by atoms with E-state index < -0.39 is 33.9 Å². The summed E-state index contributed by atoms with van der Waals surface area (Å²) in [6.45, 7) is 2.40. The van der Waals surface area contributed by atoms with E-state index in [4.69, 9.17) is 4.74 Å². The molecular formula is C21H24FN3O5S. The minimum atomic E-state index is -3.96. The number of sulfonamides is 1. The van der Waals surface area contributed by atoms with Crippen LogP contribution in [0.15, 0.2) is 53.4 Å². The first-order valence-electron chi connectivity index (χ1n) is 9.78. The molecule has 1 saturated heterocycles. The zero-order valence-corrected chi connectivity index (χ0v) is 17.8. The number of benzene rings is 2. The standard InChI is InChI=1S/C21H24FN3O5S/c1-15-5-2-3-6-16(15)13-23-20(26)21(27)24-14-19-25(11-4-12-30-19)31(28,29)18-9-7-17(22)8-10-18/h2-3,5-10,19H,4,11-14H2,1H3,(H,23,26)(H,24,27)/t19-/m1/s1. The zero-order chi connectivity index (χ0) is 22.4. The van der Waals surface area contributed by atoms with Crippen LogP contribution in [0, 0.1) is 12.7 Å². The number of amides is 2. The first-order valence-corrected chi connectivity index (χ1v) is 11.2. The minimum absolute atomic E-state index is 0.0771. The van der Waals surface area contributed by atoms with Crippen LogP contribution in [0.4, 0.5) is 4.39 Å². The smallest absolute Gasteiger partial charge is 0.309 e.